The van der Waals surface area contributed by atoms with Crippen molar-refractivity contribution in [2.75, 3.05) is 7.11 Å². The van der Waals surface area contributed by atoms with Crippen LogP contribution >= 0.6 is 0 Å². The summed E-state index contributed by atoms with van der Waals surface area (Å²) in [4.78, 5) is 4.63. The number of para-hydroxylation sites is 2. The Morgan fingerprint density at radius 3 is 2.30 bits per heavy atom. The standard InChI is InChI=1S/C17H23BN2O3/c1-12-19-15(18-22-16(2,3)17(4,5)23-18)11-20(12)13-9-7-8-10-14(13)21-6/h7-11H,1-6H3. The van der Waals surface area contributed by atoms with Crippen LogP contribution < -0.4 is 10.3 Å². The molecule has 0 aliphatic carbocycles. The predicted octanol–water partition coefficient (Wildman–Crippen LogP) is 2.49. The molecule has 1 fully saturated rings. The highest BCUT2D eigenvalue weighted by Gasteiger charge is 2.52. The van der Waals surface area contributed by atoms with Crippen LogP contribution in [0.5, 0.6) is 5.75 Å². The lowest BCUT2D eigenvalue weighted by Gasteiger charge is -2.32. The molecule has 0 spiro atoms. The summed E-state index contributed by atoms with van der Waals surface area (Å²) in [5.41, 5.74) is 0.967. The van der Waals surface area contributed by atoms with Gasteiger partial charge >= 0.3 is 7.12 Å². The normalized spacial score (nSPS) is 19.1. The van der Waals surface area contributed by atoms with Gasteiger partial charge in [-0.2, -0.15) is 0 Å². The van der Waals surface area contributed by atoms with Crippen LogP contribution in [0.1, 0.15) is 33.5 Å². The summed E-state index contributed by atoms with van der Waals surface area (Å²) in [5.74, 6) is 1.66. The summed E-state index contributed by atoms with van der Waals surface area (Å²) >= 11 is 0. The number of ether oxygens (including phenoxy) is 1. The molecule has 1 aliphatic rings. The Kier molecular flexibility index (Phi) is 3.77. The first-order chi connectivity index (χ1) is 10.7. The van der Waals surface area contributed by atoms with Crippen LogP contribution in [0.4, 0.5) is 0 Å². The van der Waals surface area contributed by atoms with Gasteiger partial charge in [-0.25, -0.2) is 4.98 Å². The molecule has 2 heterocycles. The highest BCUT2D eigenvalue weighted by atomic mass is 16.7. The van der Waals surface area contributed by atoms with E-state index in [1.54, 1.807) is 7.11 Å². The molecule has 23 heavy (non-hydrogen) atoms. The van der Waals surface area contributed by atoms with Crippen LogP contribution in [0.15, 0.2) is 30.5 Å². The first kappa shape index (κ1) is 16.1. The smallest absolute Gasteiger partial charge is 0.495 e. The summed E-state index contributed by atoms with van der Waals surface area (Å²) in [6.07, 6.45) is 1.95. The largest absolute Gasteiger partial charge is 0.516 e. The molecule has 2 aromatic rings. The number of aryl methyl sites for hydroxylation is 1. The highest BCUT2D eigenvalue weighted by Crippen LogP contribution is 2.36. The van der Waals surface area contributed by atoms with E-state index in [1.807, 2.05) is 69.6 Å². The molecule has 1 saturated heterocycles. The summed E-state index contributed by atoms with van der Waals surface area (Å²) < 4.78 is 19.6. The maximum absolute atomic E-state index is 6.08. The van der Waals surface area contributed by atoms with E-state index in [2.05, 4.69) is 4.98 Å². The van der Waals surface area contributed by atoms with E-state index in [9.17, 15) is 0 Å². The summed E-state index contributed by atoms with van der Waals surface area (Å²) in [6.45, 7) is 10.1. The maximum Gasteiger partial charge on any atom is 0.516 e. The highest BCUT2D eigenvalue weighted by molar-refractivity contribution is 6.61. The second-order valence-corrected chi connectivity index (χ2v) is 6.84. The average Bonchev–Trinajstić information content (AvgIpc) is 2.96. The van der Waals surface area contributed by atoms with Gasteiger partial charge in [0, 0.05) is 6.20 Å². The number of hydrogen-bond donors (Lipinski definition) is 0. The Balaban J connectivity index is 1.97. The Hall–Kier alpha value is -1.79. The van der Waals surface area contributed by atoms with Crippen LogP contribution in [-0.2, 0) is 9.31 Å². The third-order valence-corrected chi connectivity index (χ3v) is 4.74. The lowest BCUT2D eigenvalue weighted by atomic mass is 9.86. The van der Waals surface area contributed by atoms with E-state index in [4.69, 9.17) is 14.0 Å². The van der Waals surface area contributed by atoms with Gasteiger partial charge in [-0.05, 0) is 46.8 Å². The molecule has 122 valence electrons. The van der Waals surface area contributed by atoms with Gasteiger partial charge in [0.25, 0.3) is 0 Å². The average molecular weight is 314 g/mol. The van der Waals surface area contributed by atoms with Gasteiger partial charge in [-0.3, -0.25) is 0 Å². The van der Waals surface area contributed by atoms with Crippen LogP contribution in [0.3, 0.4) is 0 Å². The van der Waals surface area contributed by atoms with Crippen molar-refractivity contribution < 1.29 is 14.0 Å². The molecule has 1 aromatic carbocycles. The SMILES string of the molecule is COc1ccccc1-n1cc(B2OC(C)(C)C(C)(C)O2)nc1C. The fourth-order valence-electron chi connectivity index (χ4n) is 2.65. The van der Waals surface area contributed by atoms with Crippen molar-refractivity contribution in [2.45, 2.75) is 45.8 Å². The van der Waals surface area contributed by atoms with Crippen molar-refractivity contribution >= 4 is 12.7 Å². The second-order valence-electron chi connectivity index (χ2n) is 6.84. The summed E-state index contributed by atoms with van der Waals surface area (Å²) in [7, 11) is 1.20. The monoisotopic (exact) mass is 314 g/mol. The Morgan fingerprint density at radius 2 is 1.70 bits per heavy atom. The van der Waals surface area contributed by atoms with Crippen LogP contribution in [0.25, 0.3) is 5.69 Å². The fourth-order valence-corrected chi connectivity index (χ4v) is 2.65. The van der Waals surface area contributed by atoms with Crippen molar-refractivity contribution in [3.05, 3.63) is 36.3 Å². The summed E-state index contributed by atoms with van der Waals surface area (Å²) in [5, 5.41) is 0. The predicted molar refractivity (Wildman–Crippen MR) is 90.6 cm³/mol. The molecule has 0 saturated carbocycles. The molecule has 1 aromatic heterocycles. The van der Waals surface area contributed by atoms with Crippen LogP contribution in [-0.4, -0.2) is 35.0 Å². The topological polar surface area (TPSA) is 45.5 Å². The molecule has 0 atom stereocenters. The van der Waals surface area contributed by atoms with Crippen LogP contribution in [0, 0.1) is 6.92 Å². The van der Waals surface area contributed by atoms with Crippen LogP contribution in [0.2, 0.25) is 0 Å². The molecular weight excluding hydrogens is 291 g/mol. The lowest BCUT2D eigenvalue weighted by molar-refractivity contribution is 0.00578. The quantitative estimate of drug-likeness (QED) is 0.817. The number of methoxy groups -OCH3 is 1. The van der Waals surface area contributed by atoms with Gasteiger partial charge in [0.1, 0.15) is 11.6 Å². The first-order valence-electron chi connectivity index (χ1n) is 7.80. The molecule has 0 unspecified atom stereocenters. The third kappa shape index (κ3) is 2.66. The van der Waals surface area contributed by atoms with Crippen molar-refractivity contribution in [1.29, 1.82) is 0 Å². The Labute approximate surface area is 137 Å². The molecule has 0 N–H and O–H groups in total. The molecule has 1 aliphatic heterocycles. The van der Waals surface area contributed by atoms with E-state index in [0.29, 0.717) is 0 Å². The van der Waals surface area contributed by atoms with Crippen molar-refractivity contribution in [3.8, 4) is 11.4 Å². The minimum atomic E-state index is -0.463. The third-order valence-electron chi connectivity index (χ3n) is 4.74. The molecule has 3 rings (SSSR count). The van der Waals surface area contributed by atoms with Crippen molar-refractivity contribution in [1.82, 2.24) is 9.55 Å². The fraction of sp³-hybridized carbons (Fsp3) is 0.471. The molecule has 6 heteroatoms. The number of rotatable bonds is 3. The number of aromatic nitrogens is 2. The molecule has 0 amide bonds. The van der Waals surface area contributed by atoms with E-state index in [1.165, 1.54) is 0 Å². The Morgan fingerprint density at radius 1 is 1.09 bits per heavy atom. The van der Waals surface area contributed by atoms with Crippen molar-refractivity contribution in [2.24, 2.45) is 0 Å². The van der Waals surface area contributed by atoms with Gasteiger partial charge in [0.05, 0.1) is 29.6 Å². The zero-order valence-corrected chi connectivity index (χ0v) is 14.6. The number of benzene rings is 1. The minimum Gasteiger partial charge on any atom is -0.495 e. The zero-order valence-electron chi connectivity index (χ0n) is 14.6. The van der Waals surface area contributed by atoms with Gasteiger partial charge < -0.3 is 18.6 Å². The van der Waals surface area contributed by atoms with Gasteiger partial charge in [-0.15, -0.1) is 0 Å². The van der Waals surface area contributed by atoms with Gasteiger partial charge in [0.2, 0.25) is 0 Å². The number of hydrogen-bond acceptors (Lipinski definition) is 4. The molecule has 0 bridgehead atoms. The van der Waals surface area contributed by atoms with Gasteiger partial charge in [0.15, 0.2) is 0 Å². The van der Waals surface area contributed by atoms with E-state index < -0.39 is 7.12 Å². The van der Waals surface area contributed by atoms with E-state index >= 15 is 0 Å². The first-order valence-corrected chi connectivity index (χ1v) is 7.80. The van der Waals surface area contributed by atoms with E-state index in [0.717, 1.165) is 22.9 Å². The zero-order chi connectivity index (χ0) is 16.8. The minimum absolute atomic E-state index is 0.375. The molecular formula is C17H23BN2O3. The van der Waals surface area contributed by atoms with Crippen molar-refractivity contribution in [3.63, 3.8) is 0 Å². The number of imidazole rings is 1. The molecule has 5 nitrogen and oxygen atoms in total. The van der Waals surface area contributed by atoms with Gasteiger partial charge in [-0.1, -0.05) is 12.1 Å². The van der Waals surface area contributed by atoms with E-state index in [-0.39, 0.29) is 11.2 Å². The lowest BCUT2D eigenvalue weighted by Crippen LogP contribution is -2.41. The Bertz CT molecular complexity index is 708. The second kappa shape index (κ2) is 5.39. The molecule has 0 radical (unpaired) electrons. The maximum atomic E-state index is 6.08. The number of nitrogens with zero attached hydrogens (tertiary/aromatic N) is 2. The summed E-state index contributed by atoms with van der Waals surface area (Å²) in [6, 6.07) is 7.86.